The van der Waals surface area contributed by atoms with Crippen molar-refractivity contribution in [3.05, 3.63) is 23.8 Å². The first kappa shape index (κ1) is 17.8. The quantitative estimate of drug-likeness (QED) is 0.718. The van der Waals surface area contributed by atoms with Crippen LogP contribution in [0.2, 0.25) is 0 Å². The highest BCUT2D eigenvalue weighted by Gasteiger charge is 2.14. The molecule has 1 aromatic rings. The Balaban J connectivity index is 2.67. The Morgan fingerprint density at radius 1 is 1.10 bits per heavy atom. The molecule has 0 heterocycles. The van der Waals surface area contributed by atoms with Gasteiger partial charge in [0.05, 0.1) is 39.6 Å². The van der Waals surface area contributed by atoms with Gasteiger partial charge in [0, 0.05) is 6.61 Å². The van der Waals surface area contributed by atoms with E-state index in [4.69, 9.17) is 18.9 Å². The van der Waals surface area contributed by atoms with Crippen LogP contribution in [0.4, 0.5) is 0 Å². The van der Waals surface area contributed by atoms with Gasteiger partial charge in [-0.3, -0.25) is 0 Å². The molecule has 120 valence electrons. The molecule has 5 nitrogen and oxygen atoms in total. The summed E-state index contributed by atoms with van der Waals surface area (Å²) in [5, 5.41) is 3.26. The van der Waals surface area contributed by atoms with Crippen molar-refractivity contribution in [1.29, 1.82) is 0 Å². The third-order valence-corrected chi connectivity index (χ3v) is 3.26. The van der Waals surface area contributed by atoms with Crippen molar-refractivity contribution in [2.75, 3.05) is 41.1 Å². The summed E-state index contributed by atoms with van der Waals surface area (Å²) in [6.07, 6.45) is 0.0703. The lowest BCUT2D eigenvalue weighted by Gasteiger charge is -2.21. The molecule has 0 saturated heterocycles. The molecule has 0 saturated carbocycles. The average Bonchev–Trinajstić information content (AvgIpc) is 2.53. The smallest absolute Gasteiger partial charge is 0.161 e. The minimum Gasteiger partial charge on any atom is -0.493 e. The third kappa shape index (κ3) is 5.53. The third-order valence-electron chi connectivity index (χ3n) is 3.26. The Morgan fingerprint density at radius 3 is 2.38 bits per heavy atom. The van der Waals surface area contributed by atoms with Crippen molar-refractivity contribution in [3.63, 3.8) is 0 Å². The molecular formula is C16H27NO4. The lowest BCUT2D eigenvalue weighted by atomic mass is 10.1. The van der Waals surface area contributed by atoms with Crippen LogP contribution in [-0.4, -0.2) is 47.2 Å². The Labute approximate surface area is 127 Å². The standard InChI is InChI=1S/C16H27NO4/c1-6-20-10-12(2)21-11-14(17-3)13-7-8-15(18-4)16(9-13)19-5/h7-9,12,14,17H,6,10-11H2,1-5H3. The Bertz CT molecular complexity index is 411. The summed E-state index contributed by atoms with van der Waals surface area (Å²) >= 11 is 0. The number of likely N-dealkylation sites (N-methyl/N-ethyl adjacent to an activating group) is 1. The maximum absolute atomic E-state index is 5.82. The minimum absolute atomic E-state index is 0.0703. The summed E-state index contributed by atoms with van der Waals surface area (Å²) in [6, 6.07) is 5.98. The molecule has 0 radical (unpaired) electrons. The number of rotatable bonds is 10. The van der Waals surface area contributed by atoms with Gasteiger partial charge < -0.3 is 24.3 Å². The molecule has 1 aromatic carbocycles. The van der Waals surface area contributed by atoms with Gasteiger partial charge in [-0.05, 0) is 38.6 Å². The second-order valence-electron chi connectivity index (χ2n) is 4.76. The molecule has 0 amide bonds. The van der Waals surface area contributed by atoms with Crippen LogP contribution in [0.3, 0.4) is 0 Å². The Kier molecular flexibility index (Phi) is 8.12. The van der Waals surface area contributed by atoms with Gasteiger partial charge in [0.2, 0.25) is 0 Å². The van der Waals surface area contributed by atoms with Gasteiger partial charge in [-0.15, -0.1) is 0 Å². The van der Waals surface area contributed by atoms with Crippen molar-refractivity contribution in [2.45, 2.75) is 26.0 Å². The van der Waals surface area contributed by atoms with E-state index in [1.165, 1.54) is 0 Å². The van der Waals surface area contributed by atoms with Crippen molar-refractivity contribution in [3.8, 4) is 11.5 Å². The lowest BCUT2D eigenvalue weighted by molar-refractivity contribution is -0.0110. The number of ether oxygens (including phenoxy) is 4. The predicted molar refractivity (Wildman–Crippen MR) is 83.3 cm³/mol. The normalized spacial score (nSPS) is 13.8. The van der Waals surface area contributed by atoms with E-state index < -0.39 is 0 Å². The van der Waals surface area contributed by atoms with Gasteiger partial charge in [-0.25, -0.2) is 0 Å². The van der Waals surface area contributed by atoms with E-state index in [0.717, 1.165) is 17.1 Å². The number of hydrogen-bond acceptors (Lipinski definition) is 5. The molecule has 1 rings (SSSR count). The van der Waals surface area contributed by atoms with Crippen LogP contribution in [0.15, 0.2) is 18.2 Å². The van der Waals surface area contributed by atoms with E-state index in [1.54, 1.807) is 14.2 Å². The Morgan fingerprint density at radius 2 is 1.81 bits per heavy atom. The highest BCUT2D eigenvalue weighted by atomic mass is 16.5. The fraction of sp³-hybridized carbons (Fsp3) is 0.625. The predicted octanol–water partition coefficient (Wildman–Crippen LogP) is 2.41. The van der Waals surface area contributed by atoms with Crippen molar-refractivity contribution in [2.24, 2.45) is 0 Å². The van der Waals surface area contributed by atoms with Gasteiger partial charge >= 0.3 is 0 Å². The molecule has 0 aliphatic heterocycles. The van der Waals surface area contributed by atoms with Crippen molar-refractivity contribution < 1.29 is 18.9 Å². The van der Waals surface area contributed by atoms with Gasteiger partial charge in [0.25, 0.3) is 0 Å². The van der Waals surface area contributed by atoms with E-state index in [2.05, 4.69) is 5.32 Å². The van der Waals surface area contributed by atoms with E-state index in [9.17, 15) is 0 Å². The first-order valence-corrected chi connectivity index (χ1v) is 7.24. The second-order valence-corrected chi connectivity index (χ2v) is 4.76. The van der Waals surface area contributed by atoms with Crippen LogP contribution in [0.5, 0.6) is 11.5 Å². The molecule has 0 bridgehead atoms. The topological polar surface area (TPSA) is 49.0 Å². The zero-order valence-electron chi connectivity index (χ0n) is 13.6. The molecule has 0 fully saturated rings. The highest BCUT2D eigenvalue weighted by Crippen LogP contribution is 2.30. The number of methoxy groups -OCH3 is 2. The first-order chi connectivity index (χ1) is 10.2. The van der Waals surface area contributed by atoms with Gasteiger partial charge in [-0.2, -0.15) is 0 Å². The molecule has 2 unspecified atom stereocenters. The largest absolute Gasteiger partial charge is 0.493 e. The van der Waals surface area contributed by atoms with Crippen molar-refractivity contribution >= 4 is 0 Å². The summed E-state index contributed by atoms with van der Waals surface area (Å²) in [5.41, 5.74) is 1.10. The van der Waals surface area contributed by atoms with Crippen LogP contribution in [-0.2, 0) is 9.47 Å². The Hall–Kier alpha value is -1.30. The number of benzene rings is 1. The molecule has 0 aliphatic rings. The summed E-state index contributed by atoms with van der Waals surface area (Å²) in [7, 11) is 5.18. The second kappa shape index (κ2) is 9.60. The minimum atomic E-state index is 0.0703. The SMILES string of the molecule is CCOCC(C)OCC(NC)c1ccc(OC)c(OC)c1. The summed E-state index contributed by atoms with van der Waals surface area (Å²) < 4.78 is 21.8. The maximum atomic E-state index is 5.82. The maximum Gasteiger partial charge on any atom is 0.161 e. The molecule has 21 heavy (non-hydrogen) atoms. The summed E-state index contributed by atoms with van der Waals surface area (Å²) in [6.45, 7) is 5.88. The van der Waals surface area contributed by atoms with Gasteiger partial charge in [0.1, 0.15) is 0 Å². The molecule has 0 spiro atoms. The zero-order chi connectivity index (χ0) is 15.7. The summed E-state index contributed by atoms with van der Waals surface area (Å²) in [4.78, 5) is 0. The number of nitrogens with one attached hydrogen (secondary N) is 1. The van der Waals surface area contributed by atoms with Crippen LogP contribution in [0, 0.1) is 0 Å². The van der Waals surface area contributed by atoms with Crippen molar-refractivity contribution in [1.82, 2.24) is 5.32 Å². The molecule has 2 atom stereocenters. The van der Waals surface area contributed by atoms with E-state index in [0.29, 0.717) is 19.8 Å². The molecule has 0 aliphatic carbocycles. The van der Waals surface area contributed by atoms with Crippen LogP contribution < -0.4 is 14.8 Å². The molecule has 5 heteroatoms. The fourth-order valence-electron chi connectivity index (χ4n) is 2.01. The van der Waals surface area contributed by atoms with E-state index in [-0.39, 0.29) is 12.1 Å². The van der Waals surface area contributed by atoms with Crippen LogP contribution in [0.1, 0.15) is 25.5 Å². The van der Waals surface area contributed by atoms with E-state index >= 15 is 0 Å². The number of hydrogen-bond donors (Lipinski definition) is 1. The van der Waals surface area contributed by atoms with Crippen LogP contribution in [0.25, 0.3) is 0 Å². The van der Waals surface area contributed by atoms with Gasteiger partial charge in [-0.1, -0.05) is 6.07 Å². The van der Waals surface area contributed by atoms with E-state index in [1.807, 2.05) is 39.1 Å². The molecule has 0 aromatic heterocycles. The monoisotopic (exact) mass is 297 g/mol. The molecule has 1 N–H and O–H groups in total. The van der Waals surface area contributed by atoms with Gasteiger partial charge in [0.15, 0.2) is 11.5 Å². The fourth-order valence-corrected chi connectivity index (χ4v) is 2.01. The average molecular weight is 297 g/mol. The van der Waals surface area contributed by atoms with Crippen LogP contribution >= 0.6 is 0 Å². The first-order valence-electron chi connectivity index (χ1n) is 7.24. The lowest BCUT2D eigenvalue weighted by Crippen LogP contribution is -2.26. The highest BCUT2D eigenvalue weighted by molar-refractivity contribution is 5.43. The zero-order valence-corrected chi connectivity index (χ0v) is 13.6. The molecular weight excluding hydrogens is 270 g/mol. The summed E-state index contributed by atoms with van der Waals surface area (Å²) in [5.74, 6) is 1.44.